The summed E-state index contributed by atoms with van der Waals surface area (Å²) < 4.78 is 5.75. The van der Waals surface area contributed by atoms with Gasteiger partial charge in [-0.3, -0.25) is 0 Å². The lowest BCUT2D eigenvalue weighted by atomic mass is 10.1. The molecular weight excluding hydrogens is 234 g/mol. The Morgan fingerprint density at radius 3 is 2.63 bits per heavy atom. The molecule has 1 aromatic carbocycles. The van der Waals surface area contributed by atoms with Gasteiger partial charge in [0.15, 0.2) is 0 Å². The van der Waals surface area contributed by atoms with Gasteiger partial charge in [0.05, 0.1) is 13.2 Å². The third kappa shape index (κ3) is 5.48. The maximum Gasteiger partial charge on any atom is 0.0717 e. The zero-order valence-electron chi connectivity index (χ0n) is 11.9. The smallest absolute Gasteiger partial charge is 0.0717 e. The zero-order valence-corrected chi connectivity index (χ0v) is 11.9. The van der Waals surface area contributed by atoms with E-state index in [9.17, 15) is 0 Å². The molecule has 0 unspecified atom stereocenters. The SMILES string of the molecule is C[C@H](/C=C/N1CCCCC1)COCc1ccccc1. The van der Waals surface area contributed by atoms with Crippen molar-refractivity contribution in [3.8, 4) is 0 Å². The topological polar surface area (TPSA) is 12.5 Å². The molecule has 1 heterocycles. The summed E-state index contributed by atoms with van der Waals surface area (Å²) in [7, 11) is 0. The molecule has 2 rings (SSSR count). The van der Waals surface area contributed by atoms with Crippen molar-refractivity contribution in [2.24, 2.45) is 5.92 Å². The second kappa shape index (κ2) is 8.00. The third-order valence-electron chi connectivity index (χ3n) is 3.51. The average Bonchev–Trinajstić information content (AvgIpc) is 2.47. The average molecular weight is 259 g/mol. The number of rotatable bonds is 6. The van der Waals surface area contributed by atoms with Gasteiger partial charge in [-0.15, -0.1) is 0 Å². The molecule has 104 valence electrons. The lowest BCUT2D eigenvalue weighted by Crippen LogP contribution is -2.24. The highest BCUT2D eigenvalue weighted by atomic mass is 16.5. The van der Waals surface area contributed by atoms with Crippen molar-refractivity contribution in [1.29, 1.82) is 0 Å². The van der Waals surface area contributed by atoms with E-state index in [0.29, 0.717) is 12.5 Å². The summed E-state index contributed by atoms with van der Waals surface area (Å²) in [5.41, 5.74) is 1.25. The van der Waals surface area contributed by atoms with Crippen LogP contribution in [-0.4, -0.2) is 24.6 Å². The first-order valence-corrected chi connectivity index (χ1v) is 7.38. The van der Waals surface area contributed by atoms with Crippen molar-refractivity contribution in [3.63, 3.8) is 0 Å². The van der Waals surface area contributed by atoms with Crippen LogP contribution in [0, 0.1) is 5.92 Å². The van der Waals surface area contributed by atoms with Crippen LogP contribution in [0.2, 0.25) is 0 Å². The molecule has 0 saturated carbocycles. The molecule has 0 amide bonds. The minimum absolute atomic E-state index is 0.477. The van der Waals surface area contributed by atoms with Gasteiger partial charge in [-0.1, -0.05) is 43.3 Å². The molecular formula is C17H25NO. The van der Waals surface area contributed by atoms with E-state index in [-0.39, 0.29) is 0 Å². The Balaban J connectivity index is 1.64. The van der Waals surface area contributed by atoms with Gasteiger partial charge in [-0.25, -0.2) is 0 Å². The molecule has 1 fully saturated rings. The van der Waals surface area contributed by atoms with Crippen LogP contribution in [0.3, 0.4) is 0 Å². The molecule has 1 atom stereocenters. The summed E-state index contributed by atoms with van der Waals surface area (Å²) in [6, 6.07) is 10.4. The first-order chi connectivity index (χ1) is 9.34. The monoisotopic (exact) mass is 259 g/mol. The quantitative estimate of drug-likeness (QED) is 0.769. The fourth-order valence-electron chi connectivity index (χ4n) is 2.33. The number of likely N-dealkylation sites (tertiary alicyclic amines) is 1. The van der Waals surface area contributed by atoms with Crippen LogP contribution in [-0.2, 0) is 11.3 Å². The van der Waals surface area contributed by atoms with Crippen LogP contribution < -0.4 is 0 Å². The maximum atomic E-state index is 5.75. The minimum atomic E-state index is 0.477. The summed E-state index contributed by atoms with van der Waals surface area (Å²) in [4.78, 5) is 2.43. The number of nitrogens with zero attached hydrogens (tertiary/aromatic N) is 1. The van der Waals surface area contributed by atoms with E-state index in [4.69, 9.17) is 4.74 Å². The van der Waals surface area contributed by atoms with Crippen LogP contribution in [0.4, 0.5) is 0 Å². The molecule has 0 bridgehead atoms. The standard InChI is InChI=1S/C17H25NO/c1-16(10-13-18-11-6-3-7-12-18)14-19-15-17-8-4-2-5-9-17/h2,4-5,8-10,13,16H,3,6-7,11-12,14-15H2,1H3/b13-10+/t16-/m1/s1. The molecule has 0 aliphatic carbocycles. The first kappa shape index (κ1) is 14.1. The number of benzene rings is 1. The summed E-state index contributed by atoms with van der Waals surface area (Å²) in [6.45, 7) is 6.15. The van der Waals surface area contributed by atoms with Crippen molar-refractivity contribution >= 4 is 0 Å². The van der Waals surface area contributed by atoms with Crippen LogP contribution in [0.25, 0.3) is 0 Å². The van der Waals surface area contributed by atoms with Crippen LogP contribution in [0.1, 0.15) is 31.7 Å². The van der Waals surface area contributed by atoms with Gasteiger partial charge in [-0.2, -0.15) is 0 Å². The van der Waals surface area contributed by atoms with Crippen molar-refractivity contribution < 1.29 is 4.74 Å². The van der Waals surface area contributed by atoms with E-state index in [0.717, 1.165) is 6.61 Å². The maximum absolute atomic E-state index is 5.75. The summed E-state index contributed by atoms with van der Waals surface area (Å²) >= 11 is 0. The van der Waals surface area contributed by atoms with Crippen LogP contribution >= 0.6 is 0 Å². The minimum Gasteiger partial charge on any atom is -0.378 e. The van der Waals surface area contributed by atoms with E-state index in [2.05, 4.69) is 48.4 Å². The lowest BCUT2D eigenvalue weighted by Gasteiger charge is -2.25. The van der Waals surface area contributed by atoms with E-state index in [1.807, 2.05) is 6.07 Å². The van der Waals surface area contributed by atoms with Gasteiger partial charge in [0.25, 0.3) is 0 Å². The summed E-state index contributed by atoms with van der Waals surface area (Å²) in [5, 5.41) is 0. The Bertz CT molecular complexity index is 368. The van der Waals surface area contributed by atoms with Crippen molar-refractivity contribution in [2.45, 2.75) is 32.8 Å². The Morgan fingerprint density at radius 2 is 1.89 bits per heavy atom. The van der Waals surface area contributed by atoms with Gasteiger partial charge in [0.1, 0.15) is 0 Å². The third-order valence-corrected chi connectivity index (χ3v) is 3.51. The van der Waals surface area contributed by atoms with Crippen LogP contribution in [0.5, 0.6) is 0 Å². The van der Waals surface area contributed by atoms with Crippen molar-refractivity contribution in [3.05, 3.63) is 48.2 Å². The van der Waals surface area contributed by atoms with Crippen molar-refractivity contribution in [1.82, 2.24) is 4.90 Å². The summed E-state index contributed by atoms with van der Waals surface area (Å²) in [6.07, 6.45) is 8.60. The van der Waals surface area contributed by atoms with Gasteiger partial charge in [-0.05, 0) is 36.9 Å². The Labute approximate surface area is 117 Å². The number of ether oxygens (including phenoxy) is 1. The Kier molecular flexibility index (Phi) is 5.96. The van der Waals surface area contributed by atoms with E-state index in [1.165, 1.54) is 37.9 Å². The molecule has 1 aliphatic heterocycles. The highest BCUT2D eigenvalue weighted by Crippen LogP contribution is 2.10. The molecule has 0 aromatic heterocycles. The van der Waals surface area contributed by atoms with E-state index < -0.39 is 0 Å². The fraction of sp³-hybridized carbons (Fsp3) is 0.529. The number of piperidine rings is 1. The largest absolute Gasteiger partial charge is 0.378 e. The molecule has 1 saturated heterocycles. The molecule has 2 nitrogen and oxygen atoms in total. The molecule has 1 aromatic rings. The molecule has 0 radical (unpaired) electrons. The second-order valence-corrected chi connectivity index (χ2v) is 5.42. The predicted molar refractivity (Wildman–Crippen MR) is 79.8 cm³/mol. The number of hydrogen-bond acceptors (Lipinski definition) is 2. The van der Waals surface area contributed by atoms with Gasteiger partial charge >= 0.3 is 0 Å². The molecule has 0 spiro atoms. The first-order valence-electron chi connectivity index (χ1n) is 7.38. The van der Waals surface area contributed by atoms with Gasteiger partial charge < -0.3 is 9.64 Å². The summed E-state index contributed by atoms with van der Waals surface area (Å²) in [5.74, 6) is 0.477. The van der Waals surface area contributed by atoms with Crippen molar-refractivity contribution in [2.75, 3.05) is 19.7 Å². The predicted octanol–water partition coefficient (Wildman–Crippen LogP) is 3.84. The van der Waals surface area contributed by atoms with Gasteiger partial charge in [0.2, 0.25) is 0 Å². The molecule has 1 aliphatic rings. The van der Waals surface area contributed by atoms with Gasteiger partial charge in [0, 0.05) is 13.1 Å². The molecule has 19 heavy (non-hydrogen) atoms. The Morgan fingerprint density at radius 1 is 1.16 bits per heavy atom. The fourth-order valence-corrected chi connectivity index (χ4v) is 2.33. The highest BCUT2D eigenvalue weighted by molar-refractivity contribution is 5.13. The number of hydrogen-bond donors (Lipinski definition) is 0. The molecule has 2 heteroatoms. The molecule has 0 N–H and O–H groups in total. The normalized spacial score (nSPS) is 17.8. The lowest BCUT2D eigenvalue weighted by molar-refractivity contribution is 0.103. The van der Waals surface area contributed by atoms with E-state index >= 15 is 0 Å². The highest BCUT2D eigenvalue weighted by Gasteiger charge is 2.06. The Hall–Kier alpha value is -1.28. The van der Waals surface area contributed by atoms with Crippen LogP contribution in [0.15, 0.2) is 42.6 Å². The van der Waals surface area contributed by atoms with E-state index in [1.54, 1.807) is 0 Å². The second-order valence-electron chi connectivity index (χ2n) is 5.42. The zero-order chi connectivity index (χ0) is 13.3.